The topological polar surface area (TPSA) is 151 Å². The Kier molecular flexibility index (Phi) is 6.57. The van der Waals surface area contributed by atoms with Crippen molar-refractivity contribution in [2.24, 2.45) is 29.1 Å². The first-order chi connectivity index (χ1) is 21.5. The summed E-state index contributed by atoms with van der Waals surface area (Å²) in [5.74, 6) is -6.44. The second-order valence-electron chi connectivity index (χ2n) is 12.0. The number of furan rings is 1. The lowest BCUT2D eigenvalue weighted by Gasteiger charge is -2.48. The van der Waals surface area contributed by atoms with Crippen LogP contribution in [0.4, 0.5) is 21.5 Å². The number of allylic oxidation sites excluding steroid dienone is 2. The molecule has 1 aromatic heterocycles. The number of carbonyl (C=O) groups is 4. The Morgan fingerprint density at radius 2 is 1.78 bits per heavy atom. The molecule has 2 aliphatic heterocycles. The van der Waals surface area contributed by atoms with E-state index in [9.17, 15) is 38.8 Å². The van der Waals surface area contributed by atoms with Crippen LogP contribution in [-0.4, -0.2) is 33.7 Å². The SMILES string of the molecule is CC12C(=O)N(c3ccc(F)c(Cl)c3)C(=O)C1CC1C(=CCC3C(=O)N(c4cccc([N+](=O)[O-])c4)C(=O)C31)C2c1ccc(CO)o1. The Balaban J connectivity index is 1.34. The summed E-state index contributed by atoms with van der Waals surface area (Å²) >= 11 is 6.02. The van der Waals surface area contributed by atoms with Crippen LogP contribution in [0, 0.1) is 45.0 Å². The predicted octanol–water partition coefficient (Wildman–Crippen LogP) is 4.91. The fourth-order valence-electron chi connectivity index (χ4n) is 7.82. The van der Waals surface area contributed by atoms with Gasteiger partial charge in [0.1, 0.15) is 23.9 Å². The van der Waals surface area contributed by atoms with Gasteiger partial charge in [-0.1, -0.05) is 29.3 Å². The van der Waals surface area contributed by atoms with Gasteiger partial charge in [0.15, 0.2) is 0 Å². The molecule has 6 unspecified atom stereocenters. The third-order valence-corrected chi connectivity index (χ3v) is 10.1. The van der Waals surface area contributed by atoms with Gasteiger partial charge in [-0.05, 0) is 62.1 Å². The van der Waals surface area contributed by atoms with Crippen molar-refractivity contribution in [2.45, 2.75) is 32.3 Å². The van der Waals surface area contributed by atoms with E-state index in [-0.39, 0.29) is 40.7 Å². The normalized spacial score (nSPS) is 29.1. The number of rotatable bonds is 5. The van der Waals surface area contributed by atoms with Crippen molar-refractivity contribution in [3.63, 3.8) is 0 Å². The summed E-state index contributed by atoms with van der Waals surface area (Å²) in [4.78, 5) is 69.0. The average Bonchev–Trinajstić information content (AvgIpc) is 3.65. The first-order valence-corrected chi connectivity index (χ1v) is 14.7. The Bertz CT molecular complexity index is 1870. The van der Waals surface area contributed by atoms with E-state index < -0.39 is 76.0 Å². The first kappa shape index (κ1) is 29.1. The van der Waals surface area contributed by atoms with Gasteiger partial charge < -0.3 is 9.52 Å². The van der Waals surface area contributed by atoms with Crippen molar-refractivity contribution in [3.05, 3.63) is 98.7 Å². The van der Waals surface area contributed by atoms with E-state index in [1.54, 1.807) is 19.1 Å². The van der Waals surface area contributed by atoms with Crippen LogP contribution in [0.3, 0.4) is 0 Å². The van der Waals surface area contributed by atoms with Crippen LogP contribution >= 0.6 is 11.6 Å². The van der Waals surface area contributed by atoms with E-state index in [1.165, 1.54) is 36.4 Å². The Morgan fingerprint density at radius 3 is 2.47 bits per heavy atom. The number of non-ortho nitro benzene ring substituents is 1. The molecule has 0 spiro atoms. The molecule has 230 valence electrons. The standard InChI is InChI=1S/C32H25ClFN3O8/c1-32-22(29(40)36(31(32)42)16-5-9-24(34)23(33)12-16)13-21-19(27(32)25-10-6-18(14-38)45-25)7-8-20-26(21)30(41)35(28(20)39)15-3-2-4-17(11-15)37(43)44/h2-7,9-12,20-22,26-27,38H,8,13-14H2,1H3. The minimum Gasteiger partial charge on any atom is -0.463 e. The number of nitro groups is 1. The van der Waals surface area contributed by atoms with Gasteiger partial charge in [0.25, 0.3) is 5.69 Å². The number of imide groups is 2. The lowest BCUT2D eigenvalue weighted by Crippen LogP contribution is -2.48. The van der Waals surface area contributed by atoms with Gasteiger partial charge in [-0.25, -0.2) is 14.2 Å². The quantitative estimate of drug-likeness (QED) is 0.180. The number of aliphatic hydroxyl groups is 1. The van der Waals surface area contributed by atoms with Crippen LogP contribution in [0.2, 0.25) is 5.02 Å². The minimum absolute atomic E-state index is 0.0609. The molecular formula is C32H25ClFN3O8. The van der Waals surface area contributed by atoms with E-state index in [4.69, 9.17) is 16.0 Å². The minimum atomic E-state index is -1.40. The second kappa shape index (κ2) is 10.2. The molecule has 13 heteroatoms. The number of fused-ring (bicyclic) bond motifs is 4. The predicted molar refractivity (Wildman–Crippen MR) is 156 cm³/mol. The summed E-state index contributed by atoms with van der Waals surface area (Å²) in [7, 11) is 0. The van der Waals surface area contributed by atoms with Gasteiger partial charge >= 0.3 is 0 Å². The number of amides is 4. The van der Waals surface area contributed by atoms with Gasteiger partial charge in [-0.15, -0.1) is 0 Å². The first-order valence-electron chi connectivity index (χ1n) is 14.3. The zero-order chi connectivity index (χ0) is 31.9. The molecule has 3 aromatic rings. The van der Waals surface area contributed by atoms with Crippen LogP contribution in [0.15, 0.2) is 70.7 Å². The third kappa shape index (κ3) is 4.05. The number of hydrogen-bond donors (Lipinski definition) is 1. The van der Waals surface area contributed by atoms with Crippen molar-refractivity contribution >= 4 is 52.3 Å². The Labute approximate surface area is 260 Å². The summed E-state index contributed by atoms with van der Waals surface area (Å²) in [5, 5.41) is 20.9. The second-order valence-corrected chi connectivity index (χ2v) is 12.4. The molecule has 0 bridgehead atoms. The number of hydrogen-bond acceptors (Lipinski definition) is 8. The van der Waals surface area contributed by atoms with Crippen LogP contribution in [-0.2, 0) is 25.8 Å². The van der Waals surface area contributed by atoms with Gasteiger partial charge in [-0.3, -0.25) is 29.3 Å². The van der Waals surface area contributed by atoms with E-state index >= 15 is 0 Å². The van der Waals surface area contributed by atoms with Gasteiger partial charge in [0.05, 0.1) is 50.4 Å². The molecule has 45 heavy (non-hydrogen) atoms. The number of nitrogens with zero attached hydrogens (tertiary/aromatic N) is 3. The molecule has 6 atom stereocenters. The molecule has 2 aromatic carbocycles. The monoisotopic (exact) mass is 633 g/mol. The molecule has 2 saturated heterocycles. The highest BCUT2D eigenvalue weighted by Gasteiger charge is 2.68. The van der Waals surface area contributed by atoms with Crippen LogP contribution in [0.1, 0.15) is 37.2 Å². The maximum Gasteiger partial charge on any atom is 0.271 e. The zero-order valence-electron chi connectivity index (χ0n) is 23.7. The van der Waals surface area contributed by atoms with E-state index in [1.807, 2.05) is 6.08 Å². The fourth-order valence-corrected chi connectivity index (χ4v) is 8.00. The van der Waals surface area contributed by atoms with E-state index in [0.717, 1.165) is 15.9 Å². The summed E-state index contributed by atoms with van der Waals surface area (Å²) in [5.41, 5.74) is -0.833. The highest BCUT2D eigenvalue weighted by atomic mass is 35.5. The molecule has 7 rings (SSSR count). The molecule has 11 nitrogen and oxygen atoms in total. The van der Waals surface area contributed by atoms with Crippen molar-refractivity contribution in [2.75, 3.05) is 9.80 Å². The van der Waals surface area contributed by atoms with Crippen LogP contribution in [0.5, 0.6) is 0 Å². The smallest absolute Gasteiger partial charge is 0.271 e. The molecule has 1 saturated carbocycles. The highest BCUT2D eigenvalue weighted by molar-refractivity contribution is 6.32. The van der Waals surface area contributed by atoms with Gasteiger partial charge in [0, 0.05) is 12.1 Å². The molecular weight excluding hydrogens is 609 g/mol. The molecule has 1 N–H and O–H groups in total. The average molecular weight is 634 g/mol. The molecule has 0 radical (unpaired) electrons. The summed E-state index contributed by atoms with van der Waals surface area (Å²) in [6.07, 6.45) is 2.05. The molecule has 2 aliphatic carbocycles. The largest absolute Gasteiger partial charge is 0.463 e. The highest BCUT2D eigenvalue weighted by Crippen LogP contribution is 2.64. The molecule has 3 fully saturated rings. The number of benzene rings is 2. The summed E-state index contributed by atoms with van der Waals surface area (Å²) in [6, 6.07) is 12.1. The van der Waals surface area contributed by atoms with Gasteiger partial charge in [-0.2, -0.15) is 0 Å². The maximum atomic E-state index is 14.3. The van der Waals surface area contributed by atoms with Crippen molar-refractivity contribution in [3.8, 4) is 0 Å². The zero-order valence-corrected chi connectivity index (χ0v) is 24.4. The lowest BCUT2D eigenvalue weighted by atomic mass is 9.52. The number of carbonyl (C=O) groups excluding carboxylic acids is 4. The number of anilines is 2. The van der Waals surface area contributed by atoms with Gasteiger partial charge in [0.2, 0.25) is 23.6 Å². The van der Waals surface area contributed by atoms with E-state index in [2.05, 4.69) is 0 Å². The molecule has 4 amide bonds. The molecule has 4 aliphatic rings. The number of halogens is 2. The van der Waals surface area contributed by atoms with Crippen molar-refractivity contribution < 1.29 is 38.0 Å². The van der Waals surface area contributed by atoms with Crippen LogP contribution in [0.25, 0.3) is 0 Å². The third-order valence-electron chi connectivity index (χ3n) is 9.86. The Morgan fingerprint density at radius 1 is 1.02 bits per heavy atom. The lowest BCUT2D eigenvalue weighted by molar-refractivity contribution is -0.384. The summed E-state index contributed by atoms with van der Waals surface area (Å²) in [6.45, 7) is 1.26. The summed E-state index contributed by atoms with van der Waals surface area (Å²) < 4.78 is 20.0. The van der Waals surface area contributed by atoms with E-state index in [0.29, 0.717) is 11.3 Å². The molecule has 3 heterocycles. The van der Waals surface area contributed by atoms with Crippen molar-refractivity contribution in [1.29, 1.82) is 0 Å². The van der Waals surface area contributed by atoms with Crippen LogP contribution < -0.4 is 9.80 Å². The Hall–Kier alpha value is -4.68. The number of aliphatic hydroxyl groups excluding tert-OH is 1. The maximum absolute atomic E-state index is 14.3. The van der Waals surface area contributed by atoms with Crippen molar-refractivity contribution in [1.82, 2.24) is 0 Å². The fraction of sp³-hybridized carbons (Fsp3) is 0.312. The number of nitro benzene ring substituents is 1.